The predicted octanol–water partition coefficient (Wildman–Crippen LogP) is 4.84. The Morgan fingerprint density at radius 2 is 1.52 bits per heavy atom. The van der Waals surface area contributed by atoms with Crippen LogP contribution in [0, 0.1) is 0 Å². The molecule has 0 saturated carbocycles. The summed E-state index contributed by atoms with van der Waals surface area (Å²) in [6.07, 6.45) is 1.22. The van der Waals surface area contributed by atoms with Crippen molar-refractivity contribution in [1.82, 2.24) is 4.90 Å². The van der Waals surface area contributed by atoms with Crippen LogP contribution < -0.4 is 4.74 Å². The SMILES string of the molecule is COc1cccc(CCC(=O)N2Cc3ccccc3-c3ccccc3C2)c1. The van der Waals surface area contributed by atoms with E-state index in [2.05, 4.69) is 36.4 Å². The Hall–Kier alpha value is -3.07. The minimum atomic E-state index is 0.185. The third kappa shape index (κ3) is 3.72. The number of carbonyl (C=O) groups excluding carboxylic acids is 1. The third-order valence-corrected chi connectivity index (χ3v) is 5.16. The number of aryl methyl sites for hydroxylation is 1. The second kappa shape index (κ2) is 7.67. The first-order chi connectivity index (χ1) is 13.2. The Morgan fingerprint density at radius 1 is 0.889 bits per heavy atom. The lowest BCUT2D eigenvalue weighted by atomic mass is 9.97. The lowest BCUT2D eigenvalue weighted by Gasteiger charge is -2.21. The van der Waals surface area contributed by atoms with Crippen molar-refractivity contribution in [3.8, 4) is 16.9 Å². The quantitative estimate of drug-likeness (QED) is 0.669. The Labute approximate surface area is 160 Å². The maximum atomic E-state index is 13.0. The van der Waals surface area contributed by atoms with Gasteiger partial charge in [0.25, 0.3) is 0 Å². The number of nitrogens with zero attached hydrogens (tertiary/aromatic N) is 1. The second-order valence-electron chi connectivity index (χ2n) is 6.92. The molecule has 0 spiro atoms. The molecule has 3 heteroatoms. The third-order valence-electron chi connectivity index (χ3n) is 5.16. The summed E-state index contributed by atoms with van der Waals surface area (Å²) in [5.41, 5.74) is 6.00. The van der Waals surface area contributed by atoms with E-state index in [1.807, 2.05) is 41.3 Å². The van der Waals surface area contributed by atoms with Gasteiger partial charge in [0.1, 0.15) is 5.75 Å². The molecule has 27 heavy (non-hydrogen) atoms. The first kappa shape index (κ1) is 17.3. The zero-order valence-corrected chi connectivity index (χ0v) is 15.5. The van der Waals surface area contributed by atoms with Crippen molar-refractivity contribution in [2.75, 3.05) is 7.11 Å². The molecule has 0 atom stereocenters. The first-order valence-electron chi connectivity index (χ1n) is 9.31. The molecular formula is C24H23NO2. The molecule has 0 fully saturated rings. The van der Waals surface area contributed by atoms with Gasteiger partial charge in [0.15, 0.2) is 0 Å². The van der Waals surface area contributed by atoms with E-state index in [1.165, 1.54) is 22.3 Å². The van der Waals surface area contributed by atoms with Crippen molar-refractivity contribution in [3.63, 3.8) is 0 Å². The van der Waals surface area contributed by atoms with Crippen LogP contribution in [0.1, 0.15) is 23.1 Å². The minimum absolute atomic E-state index is 0.185. The van der Waals surface area contributed by atoms with Gasteiger partial charge >= 0.3 is 0 Å². The van der Waals surface area contributed by atoms with Crippen LogP contribution in [0.5, 0.6) is 5.75 Å². The Balaban J connectivity index is 1.55. The van der Waals surface area contributed by atoms with Gasteiger partial charge in [-0.3, -0.25) is 4.79 Å². The van der Waals surface area contributed by atoms with Gasteiger partial charge in [0.05, 0.1) is 7.11 Å². The molecule has 1 heterocycles. The fourth-order valence-electron chi connectivity index (χ4n) is 3.72. The number of methoxy groups -OCH3 is 1. The number of fused-ring (bicyclic) bond motifs is 3. The number of carbonyl (C=O) groups is 1. The van der Waals surface area contributed by atoms with Crippen LogP contribution in [-0.4, -0.2) is 17.9 Å². The highest BCUT2D eigenvalue weighted by molar-refractivity contribution is 5.79. The lowest BCUT2D eigenvalue weighted by molar-refractivity contribution is -0.132. The molecule has 3 nitrogen and oxygen atoms in total. The van der Waals surface area contributed by atoms with Crippen molar-refractivity contribution < 1.29 is 9.53 Å². The molecule has 1 amide bonds. The second-order valence-corrected chi connectivity index (χ2v) is 6.92. The normalized spacial score (nSPS) is 12.7. The molecule has 4 rings (SSSR count). The zero-order chi connectivity index (χ0) is 18.6. The first-order valence-corrected chi connectivity index (χ1v) is 9.31. The summed E-state index contributed by atoms with van der Waals surface area (Å²) in [5.74, 6) is 1.02. The van der Waals surface area contributed by atoms with Crippen molar-refractivity contribution >= 4 is 5.91 Å². The summed E-state index contributed by atoms with van der Waals surface area (Å²) < 4.78 is 5.28. The van der Waals surface area contributed by atoms with Gasteiger partial charge in [-0.25, -0.2) is 0 Å². The van der Waals surface area contributed by atoms with E-state index in [4.69, 9.17) is 4.74 Å². The number of rotatable bonds is 4. The highest BCUT2D eigenvalue weighted by Gasteiger charge is 2.22. The number of benzene rings is 3. The molecule has 0 unspecified atom stereocenters. The van der Waals surface area contributed by atoms with E-state index >= 15 is 0 Å². The average molecular weight is 357 g/mol. The van der Waals surface area contributed by atoms with Gasteiger partial charge in [-0.05, 0) is 46.4 Å². The molecule has 0 radical (unpaired) electrons. The summed E-state index contributed by atoms with van der Waals surface area (Å²) in [5, 5.41) is 0. The number of hydrogen-bond donors (Lipinski definition) is 0. The lowest BCUT2D eigenvalue weighted by Crippen LogP contribution is -2.29. The molecule has 0 saturated heterocycles. The summed E-state index contributed by atoms with van der Waals surface area (Å²) >= 11 is 0. The maximum absolute atomic E-state index is 13.0. The van der Waals surface area contributed by atoms with Crippen molar-refractivity contribution in [2.24, 2.45) is 0 Å². The van der Waals surface area contributed by atoms with Crippen LogP contribution in [0.2, 0.25) is 0 Å². The largest absolute Gasteiger partial charge is 0.497 e. The van der Waals surface area contributed by atoms with Crippen LogP contribution >= 0.6 is 0 Å². The van der Waals surface area contributed by atoms with Crippen molar-refractivity contribution in [3.05, 3.63) is 89.5 Å². The van der Waals surface area contributed by atoms with Crippen molar-refractivity contribution in [2.45, 2.75) is 25.9 Å². The number of amides is 1. The van der Waals surface area contributed by atoms with E-state index in [-0.39, 0.29) is 5.91 Å². The van der Waals surface area contributed by atoms with E-state index in [0.29, 0.717) is 19.5 Å². The van der Waals surface area contributed by atoms with Gasteiger partial charge in [-0.15, -0.1) is 0 Å². The smallest absolute Gasteiger partial charge is 0.223 e. The fraction of sp³-hybridized carbons (Fsp3) is 0.208. The summed E-state index contributed by atoms with van der Waals surface area (Å²) in [6, 6.07) is 24.7. The van der Waals surface area contributed by atoms with Crippen LogP contribution in [0.15, 0.2) is 72.8 Å². The number of hydrogen-bond acceptors (Lipinski definition) is 2. The molecule has 0 aliphatic carbocycles. The molecule has 0 N–H and O–H groups in total. The summed E-state index contributed by atoms with van der Waals surface area (Å²) in [6.45, 7) is 1.31. The fourth-order valence-corrected chi connectivity index (χ4v) is 3.72. The molecule has 3 aromatic carbocycles. The predicted molar refractivity (Wildman–Crippen MR) is 107 cm³/mol. The molecular weight excluding hydrogens is 334 g/mol. The molecule has 1 aliphatic rings. The Bertz CT molecular complexity index is 916. The van der Waals surface area contributed by atoms with E-state index in [9.17, 15) is 4.79 Å². The maximum Gasteiger partial charge on any atom is 0.223 e. The Morgan fingerprint density at radius 3 is 2.15 bits per heavy atom. The van der Waals surface area contributed by atoms with E-state index in [1.54, 1.807) is 7.11 Å². The van der Waals surface area contributed by atoms with Crippen LogP contribution in [-0.2, 0) is 24.3 Å². The van der Waals surface area contributed by atoms with Crippen LogP contribution in [0.3, 0.4) is 0 Å². The average Bonchev–Trinajstić information content (AvgIpc) is 2.89. The van der Waals surface area contributed by atoms with Crippen LogP contribution in [0.4, 0.5) is 0 Å². The highest BCUT2D eigenvalue weighted by atomic mass is 16.5. The molecule has 136 valence electrons. The van der Waals surface area contributed by atoms with Crippen LogP contribution in [0.25, 0.3) is 11.1 Å². The monoisotopic (exact) mass is 357 g/mol. The topological polar surface area (TPSA) is 29.5 Å². The molecule has 1 aliphatic heterocycles. The highest BCUT2D eigenvalue weighted by Crippen LogP contribution is 2.32. The van der Waals surface area contributed by atoms with Crippen molar-refractivity contribution in [1.29, 1.82) is 0 Å². The minimum Gasteiger partial charge on any atom is -0.497 e. The van der Waals surface area contributed by atoms with Gasteiger partial charge in [-0.2, -0.15) is 0 Å². The summed E-state index contributed by atoms with van der Waals surface area (Å²) in [4.78, 5) is 15.0. The molecule has 0 aromatic heterocycles. The number of ether oxygens (including phenoxy) is 1. The van der Waals surface area contributed by atoms with Gasteiger partial charge < -0.3 is 9.64 Å². The standard InChI is InChI=1S/C24H23NO2/c1-27-21-10-6-7-18(15-21)13-14-24(26)25-16-19-8-2-4-11-22(19)23-12-5-3-9-20(23)17-25/h2-12,15H,13-14,16-17H2,1H3. The Kier molecular flexibility index (Phi) is 4.93. The van der Waals surface area contributed by atoms with Gasteiger partial charge in [-0.1, -0.05) is 60.7 Å². The van der Waals surface area contributed by atoms with E-state index < -0.39 is 0 Å². The van der Waals surface area contributed by atoms with E-state index in [0.717, 1.165) is 17.7 Å². The zero-order valence-electron chi connectivity index (χ0n) is 15.5. The van der Waals surface area contributed by atoms with Gasteiger partial charge in [0.2, 0.25) is 5.91 Å². The summed E-state index contributed by atoms with van der Waals surface area (Å²) in [7, 11) is 1.66. The molecule has 3 aromatic rings. The van der Waals surface area contributed by atoms with Gasteiger partial charge in [0, 0.05) is 19.5 Å². The molecule has 0 bridgehead atoms.